The molecule has 1 unspecified atom stereocenters. The van der Waals surface area contributed by atoms with Crippen molar-refractivity contribution < 1.29 is 4.74 Å². The number of rotatable bonds is 9. The molecule has 1 atom stereocenters. The first-order chi connectivity index (χ1) is 13.9. The van der Waals surface area contributed by atoms with Gasteiger partial charge in [-0.1, -0.05) is 31.2 Å². The van der Waals surface area contributed by atoms with E-state index in [4.69, 9.17) is 4.74 Å². The minimum Gasteiger partial charge on any atom is -0.481 e. The molecule has 29 heavy (non-hydrogen) atoms. The standard InChI is InChI=1S/C24H30N4O/c1-7-18-15-19-12-13-20(16-21(19)27-23(18)29-6)24(2,17-25)14-10-8-9-11-22(26-3)28(4)5/h8-9,11-13,15-16H,3,7,10,14H2,1-2,4-6H3/b9-8-,22-11+. The second-order valence-electron chi connectivity index (χ2n) is 7.41. The van der Waals surface area contributed by atoms with Crippen LogP contribution in [0, 0.1) is 11.3 Å². The molecule has 0 amide bonds. The van der Waals surface area contributed by atoms with Crippen LogP contribution >= 0.6 is 0 Å². The summed E-state index contributed by atoms with van der Waals surface area (Å²) in [6.45, 7) is 7.63. The van der Waals surface area contributed by atoms with Gasteiger partial charge in [-0.3, -0.25) is 0 Å². The van der Waals surface area contributed by atoms with Crippen LogP contribution in [0.4, 0.5) is 0 Å². The minimum absolute atomic E-state index is 0.596. The first kappa shape index (κ1) is 22.2. The summed E-state index contributed by atoms with van der Waals surface area (Å²) < 4.78 is 5.43. The fourth-order valence-electron chi connectivity index (χ4n) is 3.20. The summed E-state index contributed by atoms with van der Waals surface area (Å²) in [7, 11) is 5.49. The summed E-state index contributed by atoms with van der Waals surface area (Å²) in [6, 6.07) is 10.7. The molecule has 0 saturated carbocycles. The van der Waals surface area contributed by atoms with Gasteiger partial charge in [-0.15, -0.1) is 0 Å². The van der Waals surface area contributed by atoms with Crippen molar-refractivity contribution >= 4 is 17.6 Å². The number of hydrogen-bond acceptors (Lipinski definition) is 5. The molecule has 0 radical (unpaired) electrons. The number of aliphatic imine (C=N–C) groups is 1. The van der Waals surface area contributed by atoms with Gasteiger partial charge < -0.3 is 9.64 Å². The third kappa shape index (κ3) is 5.23. The van der Waals surface area contributed by atoms with Gasteiger partial charge >= 0.3 is 0 Å². The van der Waals surface area contributed by atoms with Gasteiger partial charge in [0.15, 0.2) is 0 Å². The van der Waals surface area contributed by atoms with E-state index in [-0.39, 0.29) is 0 Å². The van der Waals surface area contributed by atoms with Crippen LogP contribution in [0.25, 0.3) is 10.9 Å². The zero-order valence-corrected chi connectivity index (χ0v) is 18.1. The zero-order chi connectivity index (χ0) is 21.4. The predicted molar refractivity (Wildman–Crippen MR) is 120 cm³/mol. The quantitative estimate of drug-likeness (QED) is 0.445. The lowest BCUT2D eigenvalue weighted by Gasteiger charge is -2.22. The Balaban J connectivity index is 2.24. The fourth-order valence-corrected chi connectivity index (χ4v) is 3.20. The number of pyridine rings is 1. The van der Waals surface area contributed by atoms with Crippen LogP contribution in [0.15, 0.2) is 53.3 Å². The number of nitriles is 1. The maximum absolute atomic E-state index is 9.89. The summed E-state index contributed by atoms with van der Waals surface area (Å²) in [5.41, 5.74) is 2.31. The number of allylic oxidation sites excluding steroid dienone is 3. The fraction of sp³-hybridized carbons (Fsp3) is 0.375. The molecule has 152 valence electrons. The van der Waals surface area contributed by atoms with Crippen molar-refractivity contribution in [2.75, 3.05) is 21.2 Å². The Morgan fingerprint density at radius 3 is 2.72 bits per heavy atom. The van der Waals surface area contributed by atoms with E-state index in [0.29, 0.717) is 12.3 Å². The van der Waals surface area contributed by atoms with Crippen molar-refractivity contribution in [2.45, 2.75) is 38.5 Å². The number of fused-ring (bicyclic) bond motifs is 1. The molecule has 5 heteroatoms. The Bertz CT molecular complexity index is 969. The second kappa shape index (κ2) is 9.88. The van der Waals surface area contributed by atoms with Crippen molar-refractivity contribution in [1.29, 1.82) is 5.26 Å². The third-order valence-electron chi connectivity index (χ3n) is 5.13. The van der Waals surface area contributed by atoms with Crippen molar-refractivity contribution in [1.82, 2.24) is 9.88 Å². The molecule has 0 aliphatic carbocycles. The molecule has 2 rings (SSSR count). The molecule has 1 aromatic carbocycles. The van der Waals surface area contributed by atoms with Gasteiger partial charge in [0.1, 0.15) is 5.82 Å². The van der Waals surface area contributed by atoms with E-state index in [9.17, 15) is 5.26 Å². The number of ether oxygens (including phenoxy) is 1. The Kier molecular flexibility index (Phi) is 7.55. The van der Waals surface area contributed by atoms with E-state index >= 15 is 0 Å². The summed E-state index contributed by atoms with van der Waals surface area (Å²) in [5, 5.41) is 10.9. The van der Waals surface area contributed by atoms with Gasteiger partial charge in [0.05, 0.1) is 24.1 Å². The lowest BCUT2D eigenvalue weighted by atomic mass is 9.79. The Labute approximate surface area is 174 Å². The number of hydrogen-bond donors (Lipinski definition) is 0. The highest BCUT2D eigenvalue weighted by molar-refractivity contribution is 5.81. The first-order valence-corrected chi connectivity index (χ1v) is 9.78. The average molecular weight is 391 g/mol. The second-order valence-corrected chi connectivity index (χ2v) is 7.41. The van der Waals surface area contributed by atoms with Crippen LogP contribution < -0.4 is 4.74 Å². The highest BCUT2D eigenvalue weighted by Crippen LogP contribution is 2.32. The average Bonchev–Trinajstić information content (AvgIpc) is 2.74. The normalized spacial score (nSPS) is 13.9. The number of methoxy groups -OCH3 is 1. The smallest absolute Gasteiger partial charge is 0.216 e. The molecule has 0 fully saturated rings. The molecule has 0 spiro atoms. The first-order valence-electron chi connectivity index (χ1n) is 9.78. The lowest BCUT2D eigenvalue weighted by Crippen LogP contribution is -2.19. The molecule has 1 heterocycles. The van der Waals surface area contributed by atoms with E-state index in [1.807, 2.05) is 56.3 Å². The number of aryl methyl sites for hydroxylation is 1. The highest BCUT2D eigenvalue weighted by Gasteiger charge is 2.26. The molecular weight excluding hydrogens is 360 g/mol. The van der Waals surface area contributed by atoms with E-state index in [1.165, 1.54) is 0 Å². The topological polar surface area (TPSA) is 61.5 Å². The van der Waals surface area contributed by atoms with E-state index < -0.39 is 5.41 Å². The van der Waals surface area contributed by atoms with Crippen LogP contribution in [0.5, 0.6) is 5.88 Å². The molecule has 1 aromatic heterocycles. The molecule has 2 aromatic rings. The minimum atomic E-state index is -0.596. The predicted octanol–water partition coefficient (Wildman–Crippen LogP) is 5.03. The van der Waals surface area contributed by atoms with Crippen LogP contribution in [0.1, 0.15) is 37.8 Å². The molecule has 0 N–H and O–H groups in total. The molecule has 5 nitrogen and oxygen atoms in total. The zero-order valence-electron chi connectivity index (χ0n) is 18.1. The van der Waals surface area contributed by atoms with Gasteiger partial charge in [-0.05, 0) is 56.7 Å². The SMILES string of the molecule is C=N/C(=C\C=C/CCC(C)(C#N)c1ccc2cc(CC)c(OC)nc2c1)N(C)C. The van der Waals surface area contributed by atoms with Crippen molar-refractivity contribution in [3.63, 3.8) is 0 Å². The summed E-state index contributed by atoms with van der Waals surface area (Å²) in [6.07, 6.45) is 8.28. The number of nitrogens with zero attached hydrogens (tertiary/aromatic N) is 4. The van der Waals surface area contributed by atoms with E-state index in [1.54, 1.807) is 7.11 Å². The van der Waals surface area contributed by atoms with Gasteiger partial charge in [0.25, 0.3) is 0 Å². The van der Waals surface area contributed by atoms with Crippen molar-refractivity contribution in [3.8, 4) is 11.9 Å². The van der Waals surface area contributed by atoms with E-state index in [0.717, 1.165) is 40.7 Å². The molecule has 0 aliphatic heterocycles. The maximum atomic E-state index is 9.89. The van der Waals surface area contributed by atoms with Crippen LogP contribution in [0.2, 0.25) is 0 Å². The van der Waals surface area contributed by atoms with Gasteiger partial charge in [0, 0.05) is 25.0 Å². The molecular formula is C24H30N4O. The molecule has 0 aliphatic rings. The van der Waals surface area contributed by atoms with E-state index in [2.05, 4.69) is 41.8 Å². The summed E-state index contributed by atoms with van der Waals surface area (Å²) in [5.74, 6) is 1.45. The maximum Gasteiger partial charge on any atom is 0.216 e. The van der Waals surface area contributed by atoms with Gasteiger partial charge in [-0.25, -0.2) is 9.98 Å². The van der Waals surface area contributed by atoms with Gasteiger partial charge in [0.2, 0.25) is 5.88 Å². The van der Waals surface area contributed by atoms with Crippen LogP contribution in [-0.4, -0.2) is 37.8 Å². The Hall–Kier alpha value is -3.13. The highest BCUT2D eigenvalue weighted by atomic mass is 16.5. The summed E-state index contributed by atoms with van der Waals surface area (Å²) in [4.78, 5) is 10.5. The van der Waals surface area contributed by atoms with Crippen molar-refractivity contribution in [3.05, 3.63) is 59.4 Å². The van der Waals surface area contributed by atoms with Crippen molar-refractivity contribution in [2.24, 2.45) is 4.99 Å². The number of benzene rings is 1. The summed E-state index contributed by atoms with van der Waals surface area (Å²) >= 11 is 0. The van der Waals surface area contributed by atoms with Crippen LogP contribution in [-0.2, 0) is 11.8 Å². The monoisotopic (exact) mass is 390 g/mol. The third-order valence-corrected chi connectivity index (χ3v) is 5.13. The van der Waals surface area contributed by atoms with Crippen LogP contribution in [0.3, 0.4) is 0 Å². The largest absolute Gasteiger partial charge is 0.481 e. The molecule has 0 saturated heterocycles. The Morgan fingerprint density at radius 1 is 1.38 bits per heavy atom. The number of aromatic nitrogens is 1. The van der Waals surface area contributed by atoms with Gasteiger partial charge in [-0.2, -0.15) is 5.26 Å². The lowest BCUT2D eigenvalue weighted by molar-refractivity contribution is 0.394. The molecule has 0 bridgehead atoms. The Morgan fingerprint density at radius 2 is 2.14 bits per heavy atom.